The van der Waals surface area contributed by atoms with E-state index < -0.39 is 5.97 Å². The Hall–Kier alpha value is -1.48. The molecular weight excluding hydrogens is 274 g/mol. The Morgan fingerprint density at radius 1 is 1.30 bits per heavy atom. The molecule has 0 bridgehead atoms. The molecule has 4 heteroatoms. The molecule has 0 radical (unpaired) electrons. The molecule has 3 rings (SSSR count). The van der Waals surface area contributed by atoms with Gasteiger partial charge < -0.3 is 9.67 Å². The number of halogens is 1. The summed E-state index contributed by atoms with van der Waals surface area (Å²) in [5.41, 5.74) is 2.33. The first-order valence-electron chi connectivity index (χ1n) is 7.13. The average molecular weight is 292 g/mol. The Kier molecular flexibility index (Phi) is 3.47. The van der Waals surface area contributed by atoms with Crippen molar-refractivity contribution in [2.45, 2.75) is 45.1 Å². The lowest BCUT2D eigenvalue weighted by Gasteiger charge is -2.25. The third kappa shape index (κ3) is 2.10. The number of aromatic nitrogens is 1. The standard InChI is InChI=1S/C16H18ClNO2/c1-10-15(17)13-8-7-11(16(19)20)9-14(13)18(10)12-5-3-2-4-6-12/h7-9,12H,2-6H2,1H3,(H,19,20). The Balaban J connectivity index is 2.20. The second-order valence-electron chi connectivity index (χ2n) is 5.60. The van der Waals surface area contributed by atoms with E-state index >= 15 is 0 Å². The lowest BCUT2D eigenvalue weighted by Crippen LogP contribution is -2.14. The van der Waals surface area contributed by atoms with Crippen LogP contribution in [0.2, 0.25) is 5.02 Å². The Morgan fingerprint density at radius 3 is 2.65 bits per heavy atom. The zero-order valence-electron chi connectivity index (χ0n) is 11.5. The summed E-state index contributed by atoms with van der Waals surface area (Å²) in [4.78, 5) is 11.2. The summed E-state index contributed by atoms with van der Waals surface area (Å²) in [6.45, 7) is 2.03. The maximum absolute atomic E-state index is 11.2. The number of carboxylic acids is 1. The van der Waals surface area contributed by atoms with Gasteiger partial charge in [-0.3, -0.25) is 0 Å². The van der Waals surface area contributed by atoms with Crippen molar-refractivity contribution in [1.29, 1.82) is 0 Å². The molecule has 0 amide bonds. The largest absolute Gasteiger partial charge is 0.478 e. The first-order valence-corrected chi connectivity index (χ1v) is 7.50. The number of carbonyl (C=O) groups is 1. The van der Waals surface area contributed by atoms with Crippen molar-refractivity contribution in [2.24, 2.45) is 0 Å². The highest BCUT2D eigenvalue weighted by Gasteiger charge is 2.22. The van der Waals surface area contributed by atoms with Gasteiger partial charge in [0.25, 0.3) is 0 Å². The summed E-state index contributed by atoms with van der Waals surface area (Å²) in [7, 11) is 0. The van der Waals surface area contributed by atoms with E-state index in [0.29, 0.717) is 11.6 Å². The predicted octanol–water partition coefficient (Wildman–Crippen LogP) is 4.81. The van der Waals surface area contributed by atoms with Crippen LogP contribution in [0.5, 0.6) is 0 Å². The van der Waals surface area contributed by atoms with Crippen LogP contribution in [0.4, 0.5) is 0 Å². The minimum atomic E-state index is -0.892. The number of carboxylic acid groups (broad SMARTS) is 1. The molecule has 1 aliphatic rings. The monoisotopic (exact) mass is 291 g/mol. The lowest BCUT2D eigenvalue weighted by molar-refractivity contribution is 0.0697. The molecule has 0 aliphatic heterocycles. The van der Waals surface area contributed by atoms with Crippen molar-refractivity contribution >= 4 is 28.5 Å². The predicted molar refractivity (Wildman–Crippen MR) is 80.8 cm³/mol. The fourth-order valence-electron chi connectivity index (χ4n) is 3.34. The number of nitrogens with zero attached hydrogens (tertiary/aromatic N) is 1. The smallest absolute Gasteiger partial charge is 0.335 e. The summed E-state index contributed by atoms with van der Waals surface area (Å²) < 4.78 is 2.25. The normalized spacial score (nSPS) is 16.7. The maximum Gasteiger partial charge on any atom is 0.335 e. The Morgan fingerprint density at radius 2 is 2.00 bits per heavy atom. The molecule has 1 heterocycles. The number of rotatable bonds is 2. The molecule has 1 saturated carbocycles. The number of hydrogen-bond acceptors (Lipinski definition) is 1. The van der Waals surface area contributed by atoms with Crippen LogP contribution in [0.3, 0.4) is 0 Å². The van der Waals surface area contributed by atoms with E-state index in [4.69, 9.17) is 11.6 Å². The number of benzene rings is 1. The fraction of sp³-hybridized carbons (Fsp3) is 0.438. The second-order valence-corrected chi connectivity index (χ2v) is 5.98. The van der Waals surface area contributed by atoms with E-state index in [1.54, 1.807) is 12.1 Å². The molecule has 0 spiro atoms. The summed E-state index contributed by atoms with van der Waals surface area (Å²) in [6.07, 6.45) is 6.07. The first kappa shape index (κ1) is 13.5. The van der Waals surface area contributed by atoms with Gasteiger partial charge in [0.1, 0.15) is 0 Å². The molecule has 1 aromatic heterocycles. The molecule has 2 aromatic rings. The number of aromatic carboxylic acids is 1. The van der Waals surface area contributed by atoms with Crippen LogP contribution in [-0.2, 0) is 0 Å². The molecule has 1 aliphatic carbocycles. The summed E-state index contributed by atoms with van der Waals surface area (Å²) >= 11 is 6.43. The van der Waals surface area contributed by atoms with Gasteiger partial charge in [-0.15, -0.1) is 0 Å². The topological polar surface area (TPSA) is 42.2 Å². The third-order valence-electron chi connectivity index (χ3n) is 4.36. The van der Waals surface area contributed by atoms with Gasteiger partial charge in [0.15, 0.2) is 0 Å². The highest BCUT2D eigenvalue weighted by molar-refractivity contribution is 6.36. The third-order valence-corrected chi connectivity index (χ3v) is 4.84. The van der Waals surface area contributed by atoms with Crippen molar-refractivity contribution in [3.05, 3.63) is 34.5 Å². The molecule has 1 aromatic carbocycles. The average Bonchev–Trinajstić information content (AvgIpc) is 2.71. The van der Waals surface area contributed by atoms with E-state index in [1.165, 1.54) is 19.3 Å². The SMILES string of the molecule is Cc1c(Cl)c2ccc(C(=O)O)cc2n1C1CCCCC1. The van der Waals surface area contributed by atoms with E-state index in [0.717, 1.165) is 34.5 Å². The summed E-state index contributed by atoms with van der Waals surface area (Å²) in [5.74, 6) is -0.892. The van der Waals surface area contributed by atoms with Gasteiger partial charge in [-0.05, 0) is 31.9 Å². The highest BCUT2D eigenvalue weighted by atomic mass is 35.5. The molecule has 1 N–H and O–H groups in total. The van der Waals surface area contributed by atoms with Gasteiger partial charge >= 0.3 is 5.97 Å². The van der Waals surface area contributed by atoms with Crippen molar-refractivity contribution in [3.63, 3.8) is 0 Å². The maximum atomic E-state index is 11.2. The summed E-state index contributed by atoms with van der Waals surface area (Å²) in [6, 6.07) is 5.66. The number of hydrogen-bond donors (Lipinski definition) is 1. The van der Waals surface area contributed by atoms with Crippen LogP contribution < -0.4 is 0 Å². The van der Waals surface area contributed by atoms with E-state index in [-0.39, 0.29) is 0 Å². The van der Waals surface area contributed by atoms with Crippen LogP contribution in [0.1, 0.15) is 54.2 Å². The highest BCUT2D eigenvalue weighted by Crippen LogP contribution is 2.38. The molecular formula is C16H18ClNO2. The van der Waals surface area contributed by atoms with E-state index in [9.17, 15) is 9.90 Å². The Labute approximate surface area is 123 Å². The molecule has 0 saturated heterocycles. The lowest BCUT2D eigenvalue weighted by atomic mass is 9.95. The molecule has 0 atom stereocenters. The van der Waals surface area contributed by atoms with Crippen LogP contribution >= 0.6 is 11.6 Å². The van der Waals surface area contributed by atoms with Crippen molar-refractivity contribution in [2.75, 3.05) is 0 Å². The van der Waals surface area contributed by atoms with E-state index in [1.807, 2.05) is 13.0 Å². The quantitative estimate of drug-likeness (QED) is 0.863. The first-order chi connectivity index (χ1) is 9.59. The van der Waals surface area contributed by atoms with Crippen molar-refractivity contribution in [1.82, 2.24) is 4.57 Å². The van der Waals surface area contributed by atoms with Crippen LogP contribution in [-0.4, -0.2) is 15.6 Å². The fourth-order valence-corrected chi connectivity index (χ4v) is 3.59. The number of fused-ring (bicyclic) bond motifs is 1. The van der Waals surface area contributed by atoms with Crippen LogP contribution in [0.15, 0.2) is 18.2 Å². The van der Waals surface area contributed by atoms with Crippen LogP contribution in [0, 0.1) is 6.92 Å². The van der Waals surface area contributed by atoms with E-state index in [2.05, 4.69) is 4.57 Å². The van der Waals surface area contributed by atoms with Gasteiger partial charge in [0.05, 0.1) is 16.1 Å². The minimum Gasteiger partial charge on any atom is -0.478 e. The van der Waals surface area contributed by atoms with Crippen LogP contribution in [0.25, 0.3) is 10.9 Å². The van der Waals surface area contributed by atoms with Gasteiger partial charge in [0, 0.05) is 17.1 Å². The second kappa shape index (κ2) is 5.13. The van der Waals surface area contributed by atoms with Gasteiger partial charge in [0.2, 0.25) is 0 Å². The van der Waals surface area contributed by atoms with Gasteiger partial charge in [-0.25, -0.2) is 4.79 Å². The molecule has 0 unspecified atom stereocenters. The molecule has 1 fully saturated rings. The minimum absolute atomic E-state index is 0.323. The summed E-state index contributed by atoms with van der Waals surface area (Å²) in [5, 5.41) is 10.9. The van der Waals surface area contributed by atoms with Gasteiger partial charge in [-0.2, -0.15) is 0 Å². The van der Waals surface area contributed by atoms with Crippen molar-refractivity contribution in [3.8, 4) is 0 Å². The van der Waals surface area contributed by atoms with Gasteiger partial charge in [-0.1, -0.05) is 36.9 Å². The van der Waals surface area contributed by atoms with Crippen molar-refractivity contribution < 1.29 is 9.90 Å². The molecule has 20 heavy (non-hydrogen) atoms. The molecule has 3 nitrogen and oxygen atoms in total. The zero-order valence-corrected chi connectivity index (χ0v) is 12.3. The molecule has 106 valence electrons. The zero-order chi connectivity index (χ0) is 14.3. The Bertz CT molecular complexity index is 669.